The van der Waals surface area contributed by atoms with Gasteiger partial charge in [-0.2, -0.15) is 5.26 Å². The number of carbonyl (C=O) groups excluding carboxylic acids is 1. The molecule has 2 aliphatic heterocycles. The lowest BCUT2D eigenvalue weighted by molar-refractivity contribution is -0.138. The number of nitrogens with zero attached hydrogens (tertiary/aromatic N) is 4. The average Bonchev–Trinajstić information content (AvgIpc) is 3.81. The number of thiazole rings is 1. The molecule has 3 aromatic heterocycles. The van der Waals surface area contributed by atoms with E-state index in [-0.39, 0.29) is 24.5 Å². The molecule has 47 heavy (non-hydrogen) atoms. The molecule has 1 atom stereocenters. The van der Waals surface area contributed by atoms with Gasteiger partial charge in [-0.3, -0.25) is 9.36 Å². The van der Waals surface area contributed by atoms with E-state index in [9.17, 15) is 14.9 Å². The summed E-state index contributed by atoms with van der Waals surface area (Å²) in [6, 6.07) is 18.4. The molecule has 236 valence electrons. The van der Waals surface area contributed by atoms with Gasteiger partial charge in [0.05, 0.1) is 34.0 Å². The van der Waals surface area contributed by atoms with E-state index in [4.69, 9.17) is 19.2 Å². The number of hydrogen-bond acceptors (Lipinski definition) is 9. The summed E-state index contributed by atoms with van der Waals surface area (Å²) in [6.45, 7) is 9.98. The molecule has 0 spiro atoms. The third kappa shape index (κ3) is 5.01. The smallest absolute Gasteiger partial charge is 0.338 e. The van der Waals surface area contributed by atoms with Crippen LogP contribution in [0.2, 0.25) is 0 Å². The first kappa shape index (κ1) is 30.5. The summed E-state index contributed by atoms with van der Waals surface area (Å²) in [5, 5.41) is 10.8. The molecular weight excluding hydrogens is 633 g/mol. The lowest BCUT2D eigenvalue weighted by Crippen LogP contribution is -2.40. The standard InChI is InChI=1S/C36H30N4O5S2/c1-6-43-35(42)30-31(23-10-8-7-9-11-23)38-36-40(32(30)24-12-13-27-28(15-24)45-18-44-27)33(41)29(47-36)16-25-14-19(2)39(21(25)4)34-26(17-37)20(3)22(5)46-34/h7-16,32H,6,18H2,1-5H3/b29-16+/t32-/m1/s1. The molecule has 0 aliphatic carbocycles. The van der Waals surface area contributed by atoms with Crippen molar-refractivity contribution in [2.75, 3.05) is 13.4 Å². The lowest BCUT2D eigenvalue weighted by atomic mass is 9.93. The van der Waals surface area contributed by atoms with E-state index in [1.807, 2.05) is 82.3 Å². The van der Waals surface area contributed by atoms with E-state index >= 15 is 0 Å². The van der Waals surface area contributed by atoms with Gasteiger partial charge in [0.2, 0.25) is 6.79 Å². The number of rotatable bonds is 6. The zero-order valence-corrected chi connectivity index (χ0v) is 28.0. The van der Waals surface area contributed by atoms with Gasteiger partial charge in [0.1, 0.15) is 11.1 Å². The third-order valence-electron chi connectivity index (χ3n) is 8.52. The number of aromatic nitrogens is 2. The van der Waals surface area contributed by atoms with Crippen LogP contribution in [0.3, 0.4) is 0 Å². The van der Waals surface area contributed by atoms with Gasteiger partial charge in [0, 0.05) is 21.8 Å². The first-order valence-corrected chi connectivity index (χ1v) is 16.7. The van der Waals surface area contributed by atoms with E-state index in [1.54, 1.807) is 28.9 Å². The largest absolute Gasteiger partial charge is 0.463 e. The van der Waals surface area contributed by atoms with Crippen molar-refractivity contribution in [2.24, 2.45) is 4.99 Å². The monoisotopic (exact) mass is 662 g/mol. The number of benzene rings is 2. The Hall–Kier alpha value is -5.18. The molecule has 7 rings (SSSR count). The number of fused-ring (bicyclic) bond motifs is 2. The quantitative estimate of drug-likeness (QED) is 0.219. The number of ether oxygens (including phenoxy) is 3. The summed E-state index contributed by atoms with van der Waals surface area (Å²) in [4.78, 5) is 34.7. The number of thiophene rings is 1. The Morgan fingerprint density at radius 2 is 1.85 bits per heavy atom. The number of esters is 1. The normalized spacial score (nSPS) is 15.4. The number of nitriles is 1. The van der Waals surface area contributed by atoms with Crippen molar-refractivity contribution >= 4 is 40.4 Å². The molecule has 0 fully saturated rings. The van der Waals surface area contributed by atoms with Gasteiger partial charge in [-0.25, -0.2) is 9.79 Å². The summed E-state index contributed by atoms with van der Waals surface area (Å²) < 4.78 is 20.9. The average molecular weight is 663 g/mol. The molecule has 5 heterocycles. The van der Waals surface area contributed by atoms with E-state index in [2.05, 4.69) is 10.6 Å². The first-order chi connectivity index (χ1) is 22.7. The summed E-state index contributed by atoms with van der Waals surface area (Å²) >= 11 is 2.85. The molecule has 11 heteroatoms. The Kier molecular flexibility index (Phi) is 7.70. The Morgan fingerprint density at radius 3 is 2.60 bits per heavy atom. The molecule has 0 amide bonds. The molecule has 9 nitrogen and oxygen atoms in total. The molecule has 0 saturated heterocycles. The summed E-state index contributed by atoms with van der Waals surface area (Å²) in [7, 11) is 0. The van der Waals surface area contributed by atoms with Crippen LogP contribution < -0.4 is 24.4 Å². The Balaban J connectivity index is 1.47. The molecule has 0 bridgehead atoms. The molecule has 0 N–H and O–H groups in total. The van der Waals surface area contributed by atoms with Gasteiger partial charge in [0.25, 0.3) is 5.56 Å². The highest BCUT2D eigenvalue weighted by Crippen LogP contribution is 2.40. The predicted molar refractivity (Wildman–Crippen MR) is 181 cm³/mol. The zero-order valence-electron chi connectivity index (χ0n) is 26.4. The van der Waals surface area contributed by atoms with Gasteiger partial charge >= 0.3 is 5.97 Å². The number of aryl methyl sites for hydroxylation is 2. The second-order valence-electron chi connectivity index (χ2n) is 11.3. The third-order valence-corrected chi connectivity index (χ3v) is 10.7. The molecule has 5 aromatic rings. The highest BCUT2D eigenvalue weighted by atomic mass is 32.1. The van der Waals surface area contributed by atoms with Crippen molar-refractivity contribution in [3.8, 4) is 22.6 Å². The second kappa shape index (κ2) is 11.9. The molecule has 2 aromatic carbocycles. The van der Waals surface area contributed by atoms with E-state index in [0.29, 0.717) is 37.7 Å². The maximum Gasteiger partial charge on any atom is 0.338 e. The summed E-state index contributed by atoms with van der Waals surface area (Å²) in [5.74, 6) is 0.580. The van der Waals surface area contributed by atoms with Gasteiger partial charge in [-0.1, -0.05) is 47.7 Å². The highest BCUT2D eigenvalue weighted by molar-refractivity contribution is 7.15. The van der Waals surface area contributed by atoms with Crippen molar-refractivity contribution in [3.05, 3.63) is 124 Å². The van der Waals surface area contributed by atoms with E-state index in [1.165, 1.54) is 11.3 Å². The molecule has 0 radical (unpaired) electrons. The predicted octanol–water partition coefficient (Wildman–Crippen LogP) is 5.62. The molecular formula is C36H30N4O5S2. The maximum absolute atomic E-state index is 14.4. The minimum absolute atomic E-state index is 0.0935. The van der Waals surface area contributed by atoms with Crippen molar-refractivity contribution in [2.45, 2.75) is 40.7 Å². The van der Waals surface area contributed by atoms with Crippen LogP contribution in [0.25, 0.3) is 16.8 Å². The van der Waals surface area contributed by atoms with Crippen LogP contribution in [-0.4, -0.2) is 28.5 Å². The topological polar surface area (TPSA) is 108 Å². The van der Waals surface area contributed by atoms with Crippen LogP contribution >= 0.6 is 22.7 Å². The molecule has 0 saturated carbocycles. The van der Waals surface area contributed by atoms with Crippen molar-refractivity contribution < 1.29 is 19.0 Å². The van der Waals surface area contributed by atoms with Crippen LogP contribution in [0.15, 0.2) is 70.0 Å². The molecule has 0 unspecified atom stereocenters. The maximum atomic E-state index is 14.4. The lowest BCUT2D eigenvalue weighted by Gasteiger charge is -2.26. The first-order valence-electron chi connectivity index (χ1n) is 15.1. The fraction of sp³-hybridized carbons (Fsp3) is 0.222. The van der Waals surface area contributed by atoms with Gasteiger partial charge in [0.15, 0.2) is 16.3 Å². The number of carbonyl (C=O) groups is 1. The second-order valence-corrected chi connectivity index (χ2v) is 13.5. The minimum atomic E-state index is -0.833. The van der Waals surface area contributed by atoms with Crippen molar-refractivity contribution in [3.63, 3.8) is 0 Å². The number of hydrogen-bond donors (Lipinski definition) is 0. The van der Waals surface area contributed by atoms with Crippen LogP contribution in [0, 0.1) is 39.0 Å². The summed E-state index contributed by atoms with van der Waals surface area (Å²) in [6.07, 6.45) is 1.87. The van der Waals surface area contributed by atoms with Crippen molar-refractivity contribution in [1.82, 2.24) is 9.13 Å². The Labute approximate surface area is 278 Å². The van der Waals surface area contributed by atoms with Gasteiger partial charge < -0.3 is 18.8 Å². The Bertz CT molecular complexity index is 2350. The SMILES string of the molecule is CCOC(=O)C1=C(c2ccccc2)N=c2s/c(=C/c3cc(C)n(-c4sc(C)c(C)c4C#N)c3C)c(=O)n2[C@@H]1c1ccc2c(c1)OCO2. The van der Waals surface area contributed by atoms with Crippen molar-refractivity contribution in [1.29, 1.82) is 5.26 Å². The van der Waals surface area contributed by atoms with Crippen LogP contribution in [-0.2, 0) is 9.53 Å². The fourth-order valence-electron chi connectivity index (χ4n) is 6.12. The molecule has 2 aliphatic rings. The Morgan fingerprint density at radius 1 is 1.09 bits per heavy atom. The van der Waals surface area contributed by atoms with Gasteiger partial charge in [-0.15, -0.1) is 11.3 Å². The van der Waals surface area contributed by atoms with Gasteiger partial charge in [-0.05, 0) is 75.6 Å². The van der Waals surface area contributed by atoms with Crippen LogP contribution in [0.1, 0.15) is 57.0 Å². The minimum Gasteiger partial charge on any atom is -0.463 e. The van der Waals surface area contributed by atoms with Crippen LogP contribution in [0.4, 0.5) is 0 Å². The zero-order chi connectivity index (χ0) is 33.0. The van der Waals surface area contributed by atoms with E-state index in [0.717, 1.165) is 38.0 Å². The van der Waals surface area contributed by atoms with E-state index < -0.39 is 12.0 Å². The fourth-order valence-corrected chi connectivity index (χ4v) is 8.33. The van der Waals surface area contributed by atoms with Crippen LogP contribution in [0.5, 0.6) is 11.5 Å². The summed E-state index contributed by atoms with van der Waals surface area (Å²) in [5.41, 5.74) is 6.18. The highest BCUT2D eigenvalue weighted by Gasteiger charge is 2.36.